The number of aryl methyl sites for hydroxylation is 1. The third-order valence-electron chi connectivity index (χ3n) is 5.75. The first-order valence-corrected chi connectivity index (χ1v) is 10.4. The van der Waals surface area contributed by atoms with Crippen LogP contribution in [0, 0.1) is 0 Å². The molecule has 0 unspecified atom stereocenters. The summed E-state index contributed by atoms with van der Waals surface area (Å²) in [5.74, 6) is 1.26. The largest absolute Gasteiger partial charge is 0.497 e. The second kappa shape index (κ2) is 10.6. The number of fused-ring (bicyclic) bond motifs is 1. The maximum atomic E-state index is 9.00. The van der Waals surface area contributed by atoms with Gasteiger partial charge in [0.15, 0.2) is 0 Å². The number of rotatable bonds is 10. The molecule has 0 aromatic heterocycles. The molecule has 0 saturated carbocycles. The number of hydrogen-bond donors (Lipinski definition) is 2. The SMILES string of the molecule is COc1cccc(CO[C@@H]2CCc3cc([C@H](CN)CCCCO)ccc3C2)c1. The Morgan fingerprint density at radius 2 is 2.04 bits per heavy atom. The van der Waals surface area contributed by atoms with Gasteiger partial charge < -0.3 is 20.3 Å². The predicted octanol–water partition coefficient (Wildman–Crippen LogP) is 3.97. The highest BCUT2D eigenvalue weighted by Crippen LogP contribution is 2.29. The van der Waals surface area contributed by atoms with Gasteiger partial charge in [-0.3, -0.25) is 0 Å². The molecule has 0 aliphatic heterocycles. The van der Waals surface area contributed by atoms with Gasteiger partial charge >= 0.3 is 0 Å². The molecule has 0 saturated heterocycles. The van der Waals surface area contributed by atoms with E-state index in [1.54, 1.807) is 7.11 Å². The van der Waals surface area contributed by atoms with E-state index in [0.717, 1.165) is 49.8 Å². The van der Waals surface area contributed by atoms with Gasteiger partial charge in [0.1, 0.15) is 5.75 Å². The van der Waals surface area contributed by atoms with E-state index >= 15 is 0 Å². The summed E-state index contributed by atoms with van der Waals surface area (Å²) in [6.07, 6.45) is 6.26. The van der Waals surface area contributed by atoms with Gasteiger partial charge in [0.2, 0.25) is 0 Å². The summed E-state index contributed by atoms with van der Waals surface area (Å²) < 4.78 is 11.5. The number of benzene rings is 2. The molecule has 0 spiro atoms. The molecule has 28 heavy (non-hydrogen) atoms. The molecule has 152 valence electrons. The third-order valence-corrected chi connectivity index (χ3v) is 5.75. The molecule has 4 nitrogen and oxygen atoms in total. The van der Waals surface area contributed by atoms with Crippen molar-refractivity contribution in [2.75, 3.05) is 20.3 Å². The maximum Gasteiger partial charge on any atom is 0.119 e. The van der Waals surface area contributed by atoms with E-state index in [2.05, 4.69) is 24.3 Å². The lowest BCUT2D eigenvalue weighted by molar-refractivity contribution is 0.0318. The van der Waals surface area contributed by atoms with Gasteiger partial charge in [0, 0.05) is 6.61 Å². The quantitative estimate of drug-likeness (QED) is 0.609. The molecule has 0 fully saturated rings. The number of methoxy groups -OCH3 is 1. The molecule has 3 N–H and O–H groups in total. The zero-order valence-corrected chi connectivity index (χ0v) is 16.9. The van der Waals surface area contributed by atoms with Crippen LogP contribution in [0.3, 0.4) is 0 Å². The first kappa shape index (κ1) is 20.8. The highest BCUT2D eigenvalue weighted by Gasteiger charge is 2.21. The summed E-state index contributed by atoms with van der Waals surface area (Å²) in [7, 11) is 1.69. The fourth-order valence-corrected chi connectivity index (χ4v) is 4.04. The van der Waals surface area contributed by atoms with Crippen molar-refractivity contribution in [1.82, 2.24) is 0 Å². The Kier molecular flexibility index (Phi) is 7.90. The van der Waals surface area contributed by atoms with Crippen molar-refractivity contribution in [3.8, 4) is 5.75 Å². The van der Waals surface area contributed by atoms with E-state index in [9.17, 15) is 0 Å². The Labute approximate surface area is 168 Å². The van der Waals surface area contributed by atoms with Gasteiger partial charge in [0.25, 0.3) is 0 Å². The Hall–Kier alpha value is -1.88. The Morgan fingerprint density at radius 1 is 1.14 bits per heavy atom. The van der Waals surface area contributed by atoms with Crippen molar-refractivity contribution in [2.24, 2.45) is 5.73 Å². The minimum Gasteiger partial charge on any atom is -0.497 e. The smallest absolute Gasteiger partial charge is 0.119 e. The van der Waals surface area contributed by atoms with Crippen molar-refractivity contribution < 1.29 is 14.6 Å². The number of hydrogen-bond acceptors (Lipinski definition) is 4. The Balaban J connectivity index is 1.57. The summed E-state index contributed by atoms with van der Waals surface area (Å²) in [5, 5.41) is 9.00. The minimum atomic E-state index is 0.263. The van der Waals surface area contributed by atoms with E-state index in [-0.39, 0.29) is 12.7 Å². The highest BCUT2D eigenvalue weighted by molar-refractivity contribution is 5.36. The van der Waals surface area contributed by atoms with Crippen LogP contribution in [-0.4, -0.2) is 31.5 Å². The van der Waals surface area contributed by atoms with Crippen molar-refractivity contribution in [2.45, 2.75) is 57.2 Å². The first-order valence-electron chi connectivity index (χ1n) is 10.4. The van der Waals surface area contributed by atoms with Gasteiger partial charge in [0.05, 0.1) is 19.8 Å². The van der Waals surface area contributed by atoms with Gasteiger partial charge in [-0.05, 0) is 79.0 Å². The molecule has 2 aromatic carbocycles. The summed E-state index contributed by atoms with van der Waals surface area (Å²) >= 11 is 0. The van der Waals surface area contributed by atoms with Crippen molar-refractivity contribution in [3.63, 3.8) is 0 Å². The standard InChI is InChI=1S/C24H33NO3/c1-27-23-7-4-5-18(13-23)17-28-24-11-10-19-14-20(8-9-21(19)15-24)22(16-25)6-2-3-12-26/h4-5,7-9,13-14,22,24,26H,2-3,6,10-12,15-17,25H2,1H3/t22-,24+/m0/s1. The van der Waals surface area contributed by atoms with Crippen molar-refractivity contribution in [1.29, 1.82) is 0 Å². The molecule has 1 aliphatic carbocycles. The van der Waals surface area contributed by atoms with Gasteiger partial charge in [-0.1, -0.05) is 36.8 Å². The van der Waals surface area contributed by atoms with Crippen LogP contribution in [0.1, 0.15) is 53.9 Å². The van der Waals surface area contributed by atoms with Crippen LogP contribution in [0.5, 0.6) is 5.75 Å². The second-order valence-electron chi connectivity index (χ2n) is 7.71. The molecule has 0 bridgehead atoms. The van der Waals surface area contributed by atoms with E-state index in [1.165, 1.54) is 16.7 Å². The number of aliphatic hydroxyl groups is 1. The van der Waals surface area contributed by atoms with Crippen molar-refractivity contribution >= 4 is 0 Å². The highest BCUT2D eigenvalue weighted by atomic mass is 16.5. The monoisotopic (exact) mass is 383 g/mol. The Morgan fingerprint density at radius 3 is 2.82 bits per heavy atom. The lowest BCUT2D eigenvalue weighted by atomic mass is 9.85. The Bertz CT molecular complexity index is 746. The zero-order valence-electron chi connectivity index (χ0n) is 16.9. The van der Waals surface area contributed by atoms with E-state index in [0.29, 0.717) is 19.1 Å². The molecule has 0 radical (unpaired) electrons. The number of ether oxygens (including phenoxy) is 2. The normalized spacial score (nSPS) is 17.2. The van der Waals surface area contributed by atoms with Gasteiger partial charge in [-0.2, -0.15) is 0 Å². The lowest BCUT2D eigenvalue weighted by Gasteiger charge is -2.26. The molecular weight excluding hydrogens is 350 g/mol. The van der Waals surface area contributed by atoms with Crippen LogP contribution < -0.4 is 10.5 Å². The molecule has 3 rings (SSSR count). The molecule has 1 aliphatic rings. The summed E-state index contributed by atoms with van der Waals surface area (Å²) in [6, 6.07) is 14.9. The fraction of sp³-hybridized carbons (Fsp3) is 0.500. The minimum absolute atomic E-state index is 0.263. The van der Waals surface area contributed by atoms with Crippen LogP contribution in [-0.2, 0) is 24.2 Å². The zero-order chi connectivity index (χ0) is 19.8. The van der Waals surface area contributed by atoms with Crippen molar-refractivity contribution in [3.05, 3.63) is 64.7 Å². The number of unbranched alkanes of at least 4 members (excludes halogenated alkanes) is 1. The van der Waals surface area contributed by atoms with Crippen LogP contribution >= 0.6 is 0 Å². The molecule has 0 heterocycles. The van der Waals surface area contributed by atoms with E-state index in [1.807, 2.05) is 18.2 Å². The maximum absolute atomic E-state index is 9.00. The van der Waals surface area contributed by atoms with Crippen LogP contribution in [0.15, 0.2) is 42.5 Å². The lowest BCUT2D eigenvalue weighted by Crippen LogP contribution is -2.23. The number of nitrogens with two attached hydrogens (primary N) is 1. The fourth-order valence-electron chi connectivity index (χ4n) is 4.04. The van der Waals surface area contributed by atoms with E-state index < -0.39 is 0 Å². The third kappa shape index (κ3) is 5.57. The van der Waals surface area contributed by atoms with Crippen LogP contribution in [0.4, 0.5) is 0 Å². The topological polar surface area (TPSA) is 64.7 Å². The molecule has 2 aromatic rings. The van der Waals surface area contributed by atoms with Crippen LogP contribution in [0.2, 0.25) is 0 Å². The van der Waals surface area contributed by atoms with Crippen LogP contribution in [0.25, 0.3) is 0 Å². The molecule has 4 heteroatoms. The predicted molar refractivity (Wildman–Crippen MR) is 113 cm³/mol. The average molecular weight is 384 g/mol. The van der Waals surface area contributed by atoms with E-state index in [4.69, 9.17) is 20.3 Å². The van der Waals surface area contributed by atoms with Gasteiger partial charge in [-0.25, -0.2) is 0 Å². The molecular formula is C24H33NO3. The molecule has 0 amide bonds. The second-order valence-corrected chi connectivity index (χ2v) is 7.71. The summed E-state index contributed by atoms with van der Waals surface area (Å²) in [5.41, 5.74) is 11.3. The summed E-state index contributed by atoms with van der Waals surface area (Å²) in [4.78, 5) is 0. The first-order chi connectivity index (χ1) is 13.7. The average Bonchev–Trinajstić information content (AvgIpc) is 2.75. The van der Waals surface area contributed by atoms with Gasteiger partial charge in [-0.15, -0.1) is 0 Å². The molecule has 2 atom stereocenters. The number of aliphatic hydroxyl groups excluding tert-OH is 1. The summed E-state index contributed by atoms with van der Waals surface area (Å²) in [6.45, 7) is 1.55.